The summed E-state index contributed by atoms with van der Waals surface area (Å²) in [4.78, 5) is 33.3. The Morgan fingerprint density at radius 2 is 1.65 bits per heavy atom. The number of fused-ring (bicyclic) bond motifs is 2. The van der Waals surface area contributed by atoms with Crippen molar-refractivity contribution in [1.29, 1.82) is 0 Å². The number of hydrogen-bond donors (Lipinski definition) is 1. The Hall–Kier alpha value is -4.33. The number of carbonyl (C=O) groups is 2. The number of methoxy groups -OCH3 is 3. The Morgan fingerprint density at radius 1 is 0.941 bits per heavy atom. The van der Waals surface area contributed by atoms with E-state index in [1.165, 1.54) is 7.11 Å². The quantitative estimate of drug-likeness (QED) is 0.565. The molecule has 8 nitrogen and oxygen atoms in total. The number of benzene rings is 3. The van der Waals surface area contributed by atoms with Crippen molar-refractivity contribution in [1.82, 2.24) is 0 Å². The second-order valence-electron chi connectivity index (χ2n) is 7.90. The number of hydrogen-bond acceptors (Lipinski definition) is 7. The van der Waals surface area contributed by atoms with Gasteiger partial charge in [-0.2, -0.15) is 0 Å². The largest absolute Gasteiger partial charge is 0.497 e. The Morgan fingerprint density at radius 3 is 2.35 bits per heavy atom. The van der Waals surface area contributed by atoms with Gasteiger partial charge in [-0.3, -0.25) is 9.59 Å². The Kier molecular flexibility index (Phi) is 5.20. The zero-order valence-electron chi connectivity index (χ0n) is 18.8. The average molecular weight is 458 g/mol. The highest BCUT2D eigenvalue weighted by Crippen LogP contribution is 2.50. The number of ketones is 1. The van der Waals surface area contributed by atoms with Crippen molar-refractivity contribution >= 4 is 23.1 Å². The summed E-state index contributed by atoms with van der Waals surface area (Å²) in [6, 6.07) is 19.0. The van der Waals surface area contributed by atoms with Crippen LogP contribution in [0, 0.1) is 5.92 Å². The number of anilines is 1. The summed E-state index contributed by atoms with van der Waals surface area (Å²) in [6.07, 6.45) is 0. The minimum atomic E-state index is -1.64. The molecule has 0 aliphatic carbocycles. The Bertz CT molecular complexity index is 1320. The first-order chi connectivity index (χ1) is 16.5. The van der Waals surface area contributed by atoms with Crippen molar-refractivity contribution in [3.63, 3.8) is 0 Å². The molecule has 3 aromatic carbocycles. The molecule has 0 saturated heterocycles. The van der Waals surface area contributed by atoms with E-state index in [2.05, 4.69) is 10.5 Å². The third-order valence-corrected chi connectivity index (χ3v) is 6.20. The van der Waals surface area contributed by atoms with Crippen molar-refractivity contribution in [2.24, 2.45) is 11.1 Å². The minimum Gasteiger partial charge on any atom is -0.497 e. The van der Waals surface area contributed by atoms with Gasteiger partial charge in [0.25, 0.3) is 11.5 Å². The molecule has 0 saturated carbocycles. The number of rotatable bonds is 6. The normalized spacial score (nSPS) is 20.3. The van der Waals surface area contributed by atoms with E-state index in [4.69, 9.17) is 19.0 Å². The highest BCUT2D eigenvalue weighted by molar-refractivity contribution is 6.25. The van der Waals surface area contributed by atoms with E-state index >= 15 is 0 Å². The first-order valence-electron chi connectivity index (χ1n) is 10.6. The summed E-state index contributed by atoms with van der Waals surface area (Å²) < 4.78 is 16.1. The molecular weight excluding hydrogens is 436 g/mol. The molecule has 1 amide bonds. The maximum Gasteiger partial charge on any atom is 0.277 e. The number of Topliss-reactive ketones (excluding diaryl/α,β-unsaturated/α-hetero) is 1. The molecule has 34 heavy (non-hydrogen) atoms. The van der Waals surface area contributed by atoms with Crippen LogP contribution in [0.2, 0.25) is 0 Å². The van der Waals surface area contributed by atoms with E-state index in [9.17, 15) is 9.59 Å². The van der Waals surface area contributed by atoms with Crippen molar-refractivity contribution in [2.75, 3.05) is 26.6 Å². The second kappa shape index (κ2) is 8.22. The topological polar surface area (TPSA) is 95.5 Å². The third-order valence-electron chi connectivity index (χ3n) is 6.20. The van der Waals surface area contributed by atoms with Gasteiger partial charge in [-0.25, -0.2) is 0 Å². The second-order valence-corrected chi connectivity index (χ2v) is 7.90. The third kappa shape index (κ3) is 3.10. The Labute approximate surface area is 196 Å². The van der Waals surface area contributed by atoms with Crippen molar-refractivity contribution in [2.45, 2.75) is 5.60 Å². The zero-order valence-corrected chi connectivity index (χ0v) is 18.8. The molecule has 2 atom stereocenters. The molecule has 1 spiro atoms. The van der Waals surface area contributed by atoms with Crippen LogP contribution in [0.5, 0.6) is 17.2 Å². The van der Waals surface area contributed by atoms with Gasteiger partial charge in [-0.15, -0.1) is 0 Å². The van der Waals surface area contributed by atoms with Crippen molar-refractivity contribution < 1.29 is 28.6 Å². The number of nitrogens with zero attached hydrogens (tertiary/aromatic N) is 1. The van der Waals surface area contributed by atoms with Crippen LogP contribution in [-0.4, -0.2) is 38.7 Å². The van der Waals surface area contributed by atoms with E-state index in [1.54, 1.807) is 74.9 Å². The van der Waals surface area contributed by atoms with Gasteiger partial charge < -0.3 is 24.4 Å². The summed E-state index contributed by atoms with van der Waals surface area (Å²) in [5.41, 5.74) is 0.717. The van der Waals surface area contributed by atoms with Gasteiger partial charge in [0.05, 0.1) is 21.3 Å². The van der Waals surface area contributed by atoms with Gasteiger partial charge in [0.15, 0.2) is 5.78 Å². The number of oxime groups is 1. The molecule has 5 rings (SSSR count). The summed E-state index contributed by atoms with van der Waals surface area (Å²) in [6.45, 7) is 0. The number of nitrogens with one attached hydrogen (secondary N) is 1. The molecule has 1 N–H and O–H groups in total. The highest BCUT2D eigenvalue weighted by atomic mass is 16.7. The van der Waals surface area contributed by atoms with Crippen LogP contribution < -0.4 is 19.5 Å². The molecule has 2 aliphatic rings. The number of ether oxygens (including phenoxy) is 3. The SMILES string of the molecule is COc1ccc(C(=O)[C@H]2C(c3ccc(OC)cc3OC)=NO[C@@]23C(=O)Nc2ccccc23)cc1. The molecule has 0 radical (unpaired) electrons. The highest BCUT2D eigenvalue weighted by Gasteiger charge is 2.63. The van der Waals surface area contributed by atoms with Gasteiger partial charge in [-0.05, 0) is 42.5 Å². The van der Waals surface area contributed by atoms with Gasteiger partial charge in [0.1, 0.15) is 28.9 Å². The fourth-order valence-electron chi connectivity index (χ4n) is 4.50. The predicted octanol–water partition coefficient (Wildman–Crippen LogP) is 3.79. The van der Waals surface area contributed by atoms with Gasteiger partial charge >= 0.3 is 0 Å². The van der Waals surface area contributed by atoms with Crippen LogP contribution >= 0.6 is 0 Å². The van der Waals surface area contributed by atoms with Crippen LogP contribution in [-0.2, 0) is 15.2 Å². The lowest BCUT2D eigenvalue weighted by molar-refractivity contribution is -0.140. The molecule has 172 valence electrons. The lowest BCUT2D eigenvalue weighted by atomic mass is 9.74. The summed E-state index contributed by atoms with van der Waals surface area (Å²) in [7, 11) is 4.62. The van der Waals surface area contributed by atoms with Crippen LogP contribution in [0.4, 0.5) is 5.69 Å². The summed E-state index contributed by atoms with van der Waals surface area (Å²) in [5, 5.41) is 7.15. The molecule has 0 aromatic heterocycles. The maximum absolute atomic E-state index is 14.0. The molecule has 2 heterocycles. The van der Waals surface area contributed by atoms with Crippen LogP contribution in [0.25, 0.3) is 0 Å². The molecule has 0 unspecified atom stereocenters. The minimum absolute atomic E-state index is 0.298. The predicted molar refractivity (Wildman–Crippen MR) is 125 cm³/mol. The fraction of sp³-hybridized carbons (Fsp3) is 0.192. The lowest BCUT2D eigenvalue weighted by Crippen LogP contribution is -2.46. The molecule has 8 heteroatoms. The van der Waals surface area contributed by atoms with E-state index in [-0.39, 0.29) is 5.78 Å². The fourth-order valence-corrected chi connectivity index (χ4v) is 4.50. The van der Waals surface area contributed by atoms with Crippen molar-refractivity contribution in [3.05, 3.63) is 83.4 Å². The van der Waals surface area contributed by atoms with Gasteiger partial charge in [0.2, 0.25) is 0 Å². The molecule has 3 aromatic rings. The number of carbonyl (C=O) groups excluding carboxylic acids is 2. The van der Waals surface area contributed by atoms with E-state index < -0.39 is 17.4 Å². The molecule has 0 fully saturated rings. The monoisotopic (exact) mass is 458 g/mol. The summed E-state index contributed by atoms with van der Waals surface area (Å²) >= 11 is 0. The first kappa shape index (κ1) is 21.5. The van der Waals surface area contributed by atoms with E-state index in [1.807, 2.05) is 6.07 Å². The average Bonchev–Trinajstić information content (AvgIpc) is 3.42. The lowest BCUT2D eigenvalue weighted by Gasteiger charge is -2.27. The first-order valence-corrected chi connectivity index (χ1v) is 10.6. The zero-order chi connectivity index (χ0) is 23.9. The Balaban J connectivity index is 1.69. The molecule has 2 aliphatic heterocycles. The van der Waals surface area contributed by atoms with E-state index in [0.717, 1.165) is 0 Å². The maximum atomic E-state index is 14.0. The van der Waals surface area contributed by atoms with Crippen LogP contribution in [0.15, 0.2) is 71.9 Å². The number of para-hydroxylation sites is 1. The van der Waals surface area contributed by atoms with E-state index in [0.29, 0.717) is 45.3 Å². The standard InChI is InChI=1S/C26H22N2O6/c1-31-16-10-8-15(9-11-16)24(29)22-23(18-13-12-17(32-2)14-21(18)33-3)28-34-26(22)19-6-4-5-7-20(19)27-25(26)30/h4-14,22H,1-3H3,(H,27,30)/t22-,26-/m1/s1. The van der Waals surface area contributed by atoms with Gasteiger partial charge in [0, 0.05) is 28.4 Å². The van der Waals surface area contributed by atoms with Crippen molar-refractivity contribution in [3.8, 4) is 17.2 Å². The smallest absolute Gasteiger partial charge is 0.277 e. The van der Waals surface area contributed by atoms with Gasteiger partial charge in [-0.1, -0.05) is 23.4 Å². The van der Waals surface area contributed by atoms with Crippen LogP contribution in [0.3, 0.4) is 0 Å². The molecular formula is C26H22N2O6. The summed E-state index contributed by atoms with van der Waals surface area (Å²) in [5.74, 6) is -0.194. The molecule has 0 bridgehead atoms. The number of amides is 1. The van der Waals surface area contributed by atoms with Crippen LogP contribution in [0.1, 0.15) is 21.5 Å².